The number of benzene rings is 2. The number of hydrogen-bond acceptors (Lipinski definition) is 3. The first-order chi connectivity index (χ1) is 12.2. The van der Waals surface area contributed by atoms with E-state index in [0.29, 0.717) is 24.0 Å². The molecule has 0 aliphatic rings. The first-order valence-corrected chi connectivity index (χ1v) is 8.45. The molecule has 3 rings (SSSR count). The zero-order chi connectivity index (χ0) is 17.6. The first-order valence-electron chi connectivity index (χ1n) is 8.45. The van der Waals surface area contributed by atoms with Crippen molar-refractivity contribution in [1.29, 1.82) is 0 Å². The molecule has 0 aliphatic heterocycles. The molecule has 1 heterocycles. The summed E-state index contributed by atoms with van der Waals surface area (Å²) in [7, 11) is 0. The molecular formula is C20H21N3O2. The normalized spacial score (nSPS) is 10.8. The molecule has 5 heteroatoms. The van der Waals surface area contributed by atoms with Crippen LogP contribution < -0.4 is 5.43 Å². The number of carbonyl (C=O) groups excluding carboxylic acids is 1. The van der Waals surface area contributed by atoms with Crippen LogP contribution >= 0.6 is 0 Å². The van der Waals surface area contributed by atoms with E-state index < -0.39 is 0 Å². The Morgan fingerprint density at radius 3 is 2.56 bits per heavy atom. The van der Waals surface area contributed by atoms with Gasteiger partial charge >= 0.3 is 0 Å². The van der Waals surface area contributed by atoms with Gasteiger partial charge in [-0.05, 0) is 24.1 Å². The van der Waals surface area contributed by atoms with Crippen LogP contribution in [0.15, 0.2) is 65.6 Å². The lowest BCUT2D eigenvalue weighted by Crippen LogP contribution is -2.34. The molecule has 25 heavy (non-hydrogen) atoms. The highest BCUT2D eigenvalue weighted by Gasteiger charge is 2.15. The minimum absolute atomic E-state index is 0.00740. The van der Waals surface area contributed by atoms with Crippen molar-refractivity contribution in [3.8, 4) is 0 Å². The molecule has 1 aromatic heterocycles. The lowest BCUT2D eigenvalue weighted by atomic mass is 10.2. The Hall–Kier alpha value is -2.95. The maximum absolute atomic E-state index is 12.8. The summed E-state index contributed by atoms with van der Waals surface area (Å²) in [6.45, 7) is 3.43. The predicted octanol–water partition coefficient (Wildman–Crippen LogP) is 2.84. The van der Waals surface area contributed by atoms with Gasteiger partial charge in [-0.15, -0.1) is 0 Å². The van der Waals surface area contributed by atoms with Gasteiger partial charge in [0.2, 0.25) is 11.3 Å². The average Bonchev–Trinajstić information content (AvgIpc) is 2.65. The summed E-state index contributed by atoms with van der Waals surface area (Å²) in [6, 6.07) is 17.2. The molecule has 0 fully saturated rings. The van der Waals surface area contributed by atoms with E-state index in [2.05, 4.69) is 12.0 Å². The highest BCUT2D eigenvalue weighted by Crippen LogP contribution is 2.10. The molecule has 0 atom stereocenters. The highest BCUT2D eigenvalue weighted by molar-refractivity contribution is 5.81. The third-order valence-electron chi connectivity index (χ3n) is 4.11. The second-order valence-corrected chi connectivity index (χ2v) is 5.98. The van der Waals surface area contributed by atoms with Gasteiger partial charge in [0, 0.05) is 18.5 Å². The molecule has 0 radical (unpaired) electrons. The van der Waals surface area contributed by atoms with E-state index in [1.165, 1.54) is 6.20 Å². The Bertz CT molecular complexity index is 919. The Kier molecular flexibility index (Phi) is 5.23. The van der Waals surface area contributed by atoms with Crippen molar-refractivity contribution >= 4 is 16.8 Å². The van der Waals surface area contributed by atoms with Gasteiger partial charge in [0.05, 0.1) is 11.7 Å². The van der Waals surface area contributed by atoms with E-state index in [9.17, 15) is 9.59 Å². The number of carbonyl (C=O) groups is 1. The number of rotatable bonds is 6. The van der Waals surface area contributed by atoms with Crippen molar-refractivity contribution in [2.75, 3.05) is 6.54 Å². The fourth-order valence-electron chi connectivity index (χ4n) is 2.88. The molecule has 5 nitrogen and oxygen atoms in total. The van der Waals surface area contributed by atoms with Crippen molar-refractivity contribution in [1.82, 2.24) is 14.7 Å². The molecule has 1 amide bonds. The zero-order valence-corrected chi connectivity index (χ0v) is 14.3. The molecule has 0 bridgehead atoms. The van der Waals surface area contributed by atoms with Crippen LogP contribution in [0.3, 0.4) is 0 Å². The topological polar surface area (TPSA) is 55.2 Å². The maximum atomic E-state index is 12.8. The van der Waals surface area contributed by atoms with E-state index in [4.69, 9.17) is 0 Å². The second kappa shape index (κ2) is 7.75. The largest absolute Gasteiger partial charge is 0.337 e. The summed E-state index contributed by atoms with van der Waals surface area (Å²) in [5, 5.41) is 4.73. The Morgan fingerprint density at radius 1 is 1.08 bits per heavy atom. The van der Waals surface area contributed by atoms with E-state index >= 15 is 0 Å². The Balaban J connectivity index is 1.84. The predicted molar refractivity (Wildman–Crippen MR) is 98.2 cm³/mol. The van der Waals surface area contributed by atoms with E-state index in [-0.39, 0.29) is 17.9 Å². The number of fused-ring (bicyclic) bond motifs is 1. The molecule has 3 aromatic rings. The SMILES string of the molecule is CCCN(Cc1ccccc1)C(=O)Cn1ncc(=O)c2ccccc21. The minimum Gasteiger partial charge on any atom is -0.337 e. The van der Waals surface area contributed by atoms with Crippen LogP contribution in [0.2, 0.25) is 0 Å². The zero-order valence-electron chi connectivity index (χ0n) is 14.3. The smallest absolute Gasteiger partial charge is 0.244 e. The Labute approximate surface area is 146 Å². The van der Waals surface area contributed by atoms with Gasteiger partial charge < -0.3 is 4.90 Å². The lowest BCUT2D eigenvalue weighted by Gasteiger charge is -2.23. The van der Waals surface area contributed by atoms with Gasteiger partial charge in [-0.25, -0.2) is 0 Å². The number of amides is 1. The third kappa shape index (κ3) is 3.94. The van der Waals surface area contributed by atoms with Crippen molar-refractivity contribution in [2.24, 2.45) is 0 Å². The fraction of sp³-hybridized carbons (Fsp3) is 0.250. The van der Waals surface area contributed by atoms with Gasteiger partial charge in [-0.1, -0.05) is 49.4 Å². The van der Waals surface area contributed by atoms with Crippen LogP contribution in [-0.2, 0) is 17.9 Å². The molecule has 0 saturated heterocycles. The van der Waals surface area contributed by atoms with E-state index in [0.717, 1.165) is 12.0 Å². The molecule has 0 saturated carbocycles. The average molecular weight is 335 g/mol. The molecule has 0 N–H and O–H groups in total. The van der Waals surface area contributed by atoms with Gasteiger partial charge in [0.1, 0.15) is 6.54 Å². The van der Waals surface area contributed by atoms with Crippen molar-refractivity contribution in [2.45, 2.75) is 26.4 Å². The van der Waals surface area contributed by atoms with Crippen LogP contribution in [0.4, 0.5) is 0 Å². The Morgan fingerprint density at radius 2 is 1.80 bits per heavy atom. The van der Waals surface area contributed by atoms with Crippen molar-refractivity contribution in [3.63, 3.8) is 0 Å². The summed E-state index contributed by atoms with van der Waals surface area (Å²) in [6.07, 6.45) is 2.16. The number of nitrogens with zero attached hydrogens (tertiary/aromatic N) is 3. The quantitative estimate of drug-likeness (QED) is 0.696. The molecule has 128 valence electrons. The van der Waals surface area contributed by atoms with Crippen LogP contribution in [-0.4, -0.2) is 27.1 Å². The van der Waals surface area contributed by atoms with Gasteiger partial charge in [0.15, 0.2) is 0 Å². The summed E-state index contributed by atoms with van der Waals surface area (Å²) < 4.78 is 1.60. The first kappa shape index (κ1) is 16.9. The van der Waals surface area contributed by atoms with Crippen LogP contribution in [0.25, 0.3) is 10.9 Å². The van der Waals surface area contributed by atoms with Gasteiger partial charge in [-0.3, -0.25) is 14.3 Å². The maximum Gasteiger partial charge on any atom is 0.244 e. The lowest BCUT2D eigenvalue weighted by molar-refractivity contribution is -0.132. The number of hydrogen-bond donors (Lipinski definition) is 0. The van der Waals surface area contributed by atoms with E-state index in [1.807, 2.05) is 53.4 Å². The summed E-state index contributed by atoms with van der Waals surface area (Å²) in [5.41, 5.74) is 1.65. The van der Waals surface area contributed by atoms with Crippen LogP contribution in [0, 0.1) is 0 Å². The highest BCUT2D eigenvalue weighted by atomic mass is 16.2. The molecule has 0 unspecified atom stereocenters. The van der Waals surface area contributed by atoms with Crippen molar-refractivity contribution in [3.05, 3.63) is 76.6 Å². The molecular weight excluding hydrogens is 314 g/mol. The fourth-order valence-corrected chi connectivity index (χ4v) is 2.88. The molecule has 2 aromatic carbocycles. The number of aromatic nitrogens is 2. The van der Waals surface area contributed by atoms with Crippen molar-refractivity contribution < 1.29 is 4.79 Å². The van der Waals surface area contributed by atoms with Crippen LogP contribution in [0.5, 0.6) is 0 Å². The molecule has 0 spiro atoms. The summed E-state index contributed by atoms with van der Waals surface area (Å²) >= 11 is 0. The van der Waals surface area contributed by atoms with Gasteiger partial charge in [0.25, 0.3) is 0 Å². The number of para-hydroxylation sites is 1. The van der Waals surface area contributed by atoms with E-state index in [1.54, 1.807) is 10.7 Å². The third-order valence-corrected chi connectivity index (χ3v) is 4.11. The molecule has 0 aliphatic carbocycles. The second-order valence-electron chi connectivity index (χ2n) is 5.98. The summed E-state index contributed by atoms with van der Waals surface area (Å²) in [4.78, 5) is 26.6. The van der Waals surface area contributed by atoms with Crippen LogP contribution in [0.1, 0.15) is 18.9 Å². The summed E-state index contributed by atoms with van der Waals surface area (Å²) in [5.74, 6) is -0.00740. The van der Waals surface area contributed by atoms with Gasteiger partial charge in [-0.2, -0.15) is 5.10 Å². The standard InChI is InChI=1S/C20H21N3O2/c1-2-12-22(14-16-8-4-3-5-9-16)20(25)15-23-18-11-7-6-10-17(18)19(24)13-21-23/h3-11,13H,2,12,14-15H2,1H3. The minimum atomic E-state index is -0.131. The monoisotopic (exact) mass is 335 g/mol.